The number of ether oxygens (including phenoxy) is 2. The number of rotatable bonds is 12. The van der Waals surface area contributed by atoms with Crippen LogP contribution in [0.4, 0.5) is 0 Å². The fraction of sp³-hybridized carbons (Fsp3) is 1.00. The van der Waals surface area contributed by atoms with Crippen LogP contribution in [-0.4, -0.2) is 39.5 Å². The monoisotopic (exact) mass is 231 g/mol. The molecule has 0 aromatic carbocycles. The SMILES string of the molecule is CCCCOCCNCCCOCC(C)C. The van der Waals surface area contributed by atoms with Crippen LogP contribution < -0.4 is 5.32 Å². The third kappa shape index (κ3) is 13.9. The minimum Gasteiger partial charge on any atom is -0.381 e. The van der Waals surface area contributed by atoms with E-state index in [1.165, 1.54) is 12.8 Å². The quantitative estimate of drug-likeness (QED) is 0.523. The van der Waals surface area contributed by atoms with Crippen LogP contribution in [0.3, 0.4) is 0 Å². The lowest BCUT2D eigenvalue weighted by atomic mass is 10.2. The first-order chi connectivity index (χ1) is 7.77. The Balaban J connectivity index is 2.88. The average molecular weight is 231 g/mol. The maximum Gasteiger partial charge on any atom is 0.0590 e. The maximum absolute atomic E-state index is 5.48. The minimum absolute atomic E-state index is 0.639. The van der Waals surface area contributed by atoms with E-state index in [9.17, 15) is 0 Å². The highest BCUT2D eigenvalue weighted by Gasteiger charge is 1.93. The van der Waals surface area contributed by atoms with Gasteiger partial charge in [-0.1, -0.05) is 27.2 Å². The Hall–Kier alpha value is -0.120. The fourth-order valence-electron chi connectivity index (χ4n) is 1.24. The summed E-state index contributed by atoms with van der Waals surface area (Å²) in [5, 5.41) is 3.35. The van der Waals surface area contributed by atoms with Gasteiger partial charge < -0.3 is 14.8 Å². The highest BCUT2D eigenvalue weighted by molar-refractivity contribution is 4.47. The van der Waals surface area contributed by atoms with Gasteiger partial charge in [0, 0.05) is 26.4 Å². The summed E-state index contributed by atoms with van der Waals surface area (Å²) in [5.74, 6) is 0.639. The Bertz CT molecular complexity index is 129. The van der Waals surface area contributed by atoms with Crippen LogP contribution in [0.5, 0.6) is 0 Å². The first-order valence-corrected chi connectivity index (χ1v) is 6.63. The van der Waals surface area contributed by atoms with E-state index in [-0.39, 0.29) is 0 Å². The Morgan fingerprint density at radius 2 is 1.69 bits per heavy atom. The van der Waals surface area contributed by atoms with Gasteiger partial charge in [0.1, 0.15) is 0 Å². The molecule has 0 fully saturated rings. The molecule has 16 heavy (non-hydrogen) atoms. The van der Waals surface area contributed by atoms with Gasteiger partial charge in [-0.15, -0.1) is 0 Å². The van der Waals surface area contributed by atoms with Crippen LogP contribution >= 0.6 is 0 Å². The molecule has 0 unspecified atom stereocenters. The number of nitrogens with one attached hydrogen (secondary N) is 1. The number of unbranched alkanes of at least 4 members (excludes halogenated alkanes) is 1. The highest BCUT2D eigenvalue weighted by atomic mass is 16.5. The van der Waals surface area contributed by atoms with E-state index >= 15 is 0 Å². The zero-order valence-corrected chi connectivity index (χ0v) is 11.3. The number of hydrogen-bond donors (Lipinski definition) is 1. The van der Waals surface area contributed by atoms with Crippen molar-refractivity contribution in [3.05, 3.63) is 0 Å². The van der Waals surface area contributed by atoms with Crippen molar-refractivity contribution in [2.45, 2.75) is 40.0 Å². The molecule has 0 heterocycles. The molecule has 98 valence electrons. The average Bonchev–Trinajstić information content (AvgIpc) is 2.25. The van der Waals surface area contributed by atoms with Crippen molar-refractivity contribution in [2.24, 2.45) is 5.92 Å². The second-order valence-corrected chi connectivity index (χ2v) is 4.54. The van der Waals surface area contributed by atoms with E-state index in [4.69, 9.17) is 9.47 Å². The van der Waals surface area contributed by atoms with Gasteiger partial charge in [-0.3, -0.25) is 0 Å². The molecule has 0 aromatic rings. The number of hydrogen-bond acceptors (Lipinski definition) is 3. The molecule has 0 amide bonds. The molecule has 0 aliphatic rings. The molecule has 0 saturated heterocycles. The van der Waals surface area contributed by atoms with Crippen molar-refractivity contribution >= 4 is 0 Å². The van der Waals surface area contributed by atoms with Crippen LogP contribution in [0, 0.1) is 5.92 Å². The third-order valence-corrected chi connectivity index (χ3v) is 2.16. The summed E-state index contributed by atoms with van der Waals surface area (Å²) in [6.07, 6.45) is 3.46. The molecule has 3 nitrogen and oxygen atoms in total. The molecule has 0 aromatic heterocycles. The summed E-state index contributed by atoms with van der Waals surface area (Å²) in [6.45, 7) is 12.0. The molecule has 0 saturated carbocycles. The first-order valence-electron chi connectivity index (χ1n) is 6.63. The lowest BCUT2D eigenvalue weighted by molar-refractivity contribution is 0.106. The van der Waals surface area contributed by atoms with E-state index in [2.05, 4.69) is 26.1 Å². The van der Waals surface area contributed by atoms with Crippen LogP contribution in [0.15, 0.2) is 0 Å². The molecule has 0 spiro atoms. The third-order valence-electron chi connectivity index (χ3n) is 2.16. The van der Waals surface area contributed by atoms with Gasteiger partial charge in [0.05, 0.1) is 6.61 Å². The van der Waals surface area contributed by atoms with Gasteiger partial charge >= 0.3 is 0 Å². The van der Waals surface area contributed by atoms with Crippen LogP contribution in [0.25, 0.3) is 0 Å². The topological polar surface area (TPSA) is 30.5 Å². The van der Waals surface area contributed by atoms with Gasteiger partial charge in [-0.2, -0.15) is 0 Å². The molecule has 0 radical (unpaired) electrons. The first kappa shape index (κ1) is 15.9. The highest BCUT2D eigenvalue weighted by Crippen LogP contribution is 1.92. The van der Waals surface area contributed by atoms with E-state index in [0.717, 1.165) is 45.9 Å². The predicted molar refractivity (Wildman–Crippen MR) is 68.9 cm³/mol. The van der Waals surface area contributed by atoms with Gasteiger partial charge in [0.2, 0.25) is 0 Å². The van der Waals surface area contributed by atoms with Crippen LogP contribution in [0.2, 0.25) is 0 Å². The summed E-state index contributed by atoms with van der Waals surface area (Å²) in [5.41, 5.74) is 0. The van der Waals surface area contributed by atoms with Crippen molar-refractivity contribution in [1.82, 2.24) is 5.32 Å². The van der Waals surface area contributed by atoms with E-state index in [1.807, 2.05) is 0 Å². The molecule has 0 rings (SSSR count). The smallest absolute Gasteiger partial charge is 0.0590 e. The minimum atomic E-state index is 0.639. The lowest BCUT2D eigenvalue weighted by Gasteiger charge is -2.08. The second kappa shape index (κ2) is 12.9. The molecule has 0 aliphatic heterocycles. The fourth-order valence-corrected chi connectivity index (χ4v) is 1.24. The maximum atomic E-state index is 5.48. The van der Waals surface area contributed by atoms with E-state index in [0.29, 0.717) is 5.92 Å². The van der Waals surface area contributed by atoms with Gasteiger partial charge in [-0.25, -0.2) is 0 Å². The van der Waals surface area contributed by atoms with Gasteiger partial charge in [0.15, 0.2) is 0 Å². The predicted octanol–water partition coefficient (Wildman–Crippen LogP) is 2.46. The molecule has 1 N–H and O–H groups in total. The van der Waals surface area contributed by atoms with Crippen molar-refractivity contribution in [1.29, 1.82) is 0 Å². The Morgan fingerprint density at radius 1 is 0.938 bits per heavy atom. The van der Waals surface area contributed by atoms with E-state index in [1.54, 1.807) is 0 Å². The van der Waals surface area contributed by atoms with Crippen molar-refractivity contribution in [3.8, 4) is 0 Å². The molecule has 0 aliphatic carbocycles. The second-order valence-electron chi connectivity index (χ2n) is 4.54. The standard InChI is InChI=1S/C13H29NO2/c1-4-5-9-15-11-8-14-7-6-10-16-12-13(2)3/h13-14H,4-12H2,1-3H3. The lowest BCUT2D eigenvalue weighted by Crippen LogP contribution is -2.22. The van der Waals surface area contributed by atoms with Crippen LogP contribution in [-0.2, 0) is 9.47 Å². The normalized spacial score (nSPS) is 11.2. The Morgan fingerprint density at radius 3 is 2.38 bits per heavy atom. The van der Waals surface area contributed by atoms with Crippen molar-refractivity contribution in [3.63, 3.8) is 0 Å². The summed E-state index contributed by atoms with van der Waals surface area (Å²) in [6, 6.07) is 0. The molecule has 0 atom stereocenters. The zero-order valence-electron chi connectivity index (χ0n) is 11.3. The summed E-state index contributed by atoms with van der Waals surface area (Å²) >= 11 is 0. The summed E-state index contributed by atoms with van der Waals surface area (Å²) in [4.78, 5) is 0. The Kier molecular flexibility index (Phi) is 12.9. The van der Waals surface area contributed by atoms with E-state index < -0.39 is 0 Å². The molecule has 0 bridgehead atoms. The summed E-state index contributed by atoms with van der Waals surface area (Å²) < 4.78 is 10.9. The molecular weight excluding hydrogens is 202 g/mol. The molecular formula is C13H29NO2. The Labute approximate surface area is 101 Å². The zero-order chi connectivity index (χ0) is 12.1. The van der Waals surface area contributed by atoms with Crippen LogP contribution in [0.1, 0.15) is 40.0 Å². The molecule has 3 heteroatoms. The van der Waals surface area contributed by atoms with Crippen molar-refractivity contribution < 1.29 is 9.47 Å². The summed E-state index contributed by atoms with van der Waals surface area (Å²) in [7, 11) is 0. The van der Waals surface area contributed by atoms with Gasteiger partial charge in [0.25, 0.3) is 0 Å². The van der Waals surface area contributed by atoms with Crippen molar-refractivity contribution in [2.75, 3.05) is 39.5 Å². The largest absolute Gasteiger partial charge is 0.381 e. The van der Waals surface area contributed by atoms with Gasteiger partial charge in [-0.05, 0) is 25.3 Å².